The van der Waals surface area contributed by atoms with Crippen LogP contribution in [0.5, 0.6) is 5.88 Å². The third kappa shape index (κ3) is 4.68. The van der Waals surface area contributed by atoms with Crippen molar-refractivity contribution in [1.82, 2.24) is 15.5 Å². The lowest BCUT2D eigenvalue weighted by molar-refractivity contribution is 0.0945. The maximum Gasteiger partial charge on any atom is 0.251 e. The number of piperidine rings is 1. The summed E-state index contributed by atoms with van der Waals surface area (Å²) in [6, 6.07) is 13.1. The zero-order valence-electron chi connectivity index (χ0n) is 14.5. The standard InChI is InChI=1S/C19H24N4O2/c1-2-25-18-11-10-17(21-22-18)23-12-6-7-15(14-23)13-20-19(24)16-8-4-3-5-9-16/h3-5,8-11,15H,2,6-7,12-14H2,1H3,(H,20,24). The molecule has 132 valence electrons. The van der Waals surface area contributed by atoms with E-state index in [-0.39, 0.29) is 5.91 Å². The molecule has 1 amide bonds. The second-order valence-corrected chi connectivity index (χ2v) is 6.19. The minimum absolute atomic E-state index is 0.0152. The number of hydrogen-bond donors (Lipinski definition) is 1. The van der Waals surface area contributed by atoms with Gasteiger partial charge in [0.15, 0.2) is 5.82 Å². The van der Waals surface area contributed by atoms with Crippen molar-refractivity contribution < 1.29 is 9.53 Å². The van der Waals surface area contributed by atoms with Crippen molar-refractivity contribution in [2.24, 2.45) is 5.92 Å². The van der Waals surface area contributed by atoms with Crippen molar-refractivity contribution >= 4 is 11.7 Å². The van der Waals surface area contributed by atoms with Crippen LogP contribution in [0.4, 0.5) is 5.82 Å². The van der Waals surface area contributed by atoms with E-state index in [0.717, 1.165) is 31.7 Å². The van der Waals surface area contributed by atoms with Crippen molar-refractivity contribution in [1.29, 1.82) is 0 Å². The number of aromatic nitrogens is 2. The normalized spacial score (nSPS) is 17.2. The maximum absolute atomic E-state index is 12.2. The molecular formula is C19H24N4O2. The van der Waals surface area contributed by atoms with Crippen LogP contribution in [0.3, 0.4) is 0 Å². The number of nitrogens with zero attached hydrogens (tertiary/aromatic N) is 3. The summed E-state index contributed by atoms with van der Waals surface area (Å²) in [5, 5.41) is 11.4. The quantitative estimate of drug-likeness (QED) is 0.875. The van der Waals surface area contributed by atoms with Gasteiger partial charge in [-0.05, 0) is 43.9 Å². The van der Waals surface area contributed by atoms with Gasteiger partial charge in [0.05, 0.1) is 6.61 Å². The molecule has 6 nitrogen and oxygen atoms in total. The lowest BCUT2D eigenvalue weighted by atomic mass is 9.98. The van der Waals surface area contributed by atoms with E-state index in [1.807, 2.05) is 49.4 Å². The summed E-state index contributed by atoms with van der Waals surface area (Å²) in [6.45, 7) is 5.02. The smallest absolute Gasteiger partial charge is 0.251 e. The van der Waals surface area contributed by atoms with Crippen molar-refractivity contribution in [2.45, 2.75) is 19.8 Å². The number of anilines is 1. The molecule has 3 rings (SSSR count). The summed E-state index contributed by atoms with van der Waals surface area (Å²) in [7, 11) is 0. The Morgan fingerprint density at radius 2 is 2.08 bits per heavy atom. The summed E-state index contributed by atoms with van der Waals surface area (Å²) in [5.41, 5.74) is 0.701. The second-order valence-electron chi connectivity index (χ2n) is 6.19. The second kappa shape index (κ2) is 8.46. The predicted octanol–water partition coefficient (Wildman–Crippen LogP) is 2.52. The molecule has 6 heteroatoms. The molecule has 0 aliphatic carbocycles. The number of nitrogens with one attached hydrogen (secondary N) is 1. The van der Waals surface area contributed by atoms with E-state index < -0.39 is 0 Å². The lowest BCUT2D eigenvalue weighted by Crippen LogP contribution is -2.41. The van der Waals surface area contributed by atoms with Gasteiger partial charge in [-0.2, -0.15) is 0 Å². The topological polar surface area (TPSA) is 67.3 Å². The summed E-state index contributed by atoms with van der Waals surface area (Å²) in [5.74, 6) is 1.81. The Bertz CT molecular complexity index is 676. The molecule has 1 aliphatic rings. The van der Waals surface area contributed by atoms with Crippen LogP contribution in [0, 0.1) is 5.92 Å². The Morgan fingerprint density at radius 3 is 2.80 bits per heavy atom. The molecular weight excluding hydrogens is 316 g/mol. The van der Waals surface area contributed by atoms with Crippen molar-refractivity contribution in [3.05, 3.63) is 48.0 Å². The van der Waals surface area contributed by atoms with Gasteiger partial charge >= 0.3 is 0 Å². The minimum atomic E-state index is -0.0152. The zero-order valence-corrected chi connectivity index (χ0v) is 14.5. The number of amides is 1. The fraction of sp³-hybridized carbons (Fsp3) is 0.421. The molecule has 0 radical (unpaired) electrons. The highest BCUT2D eigenvalue weighted by molar-refractivity contribution is 5.94. The average molecular weight is 340 g/mol. The van der Waals surface area contributed by atoms with Gasteiger partial charge in [0, 0.05) is 31.3 Å². The molecule has 0 bridgehead atoms. The first kappa shape index (κ1) is 17.2. The zero-order chi connectivity index (χ0) is 17.5. The Morgan fingerprint density at radius 1 is 1.24 bits per heavy atom. The molecule has 25 heavy (non-hydrogen) atoms. The Labute approximate surface area is 148 Å². The number of rotatable bonds is 6. The van der Waals surface area contributed by atoms with Gasteiger partial charge in [-0.3, -0.25) is 4.79 Å². The summed E-state index contributed by atoms with van der Waals surface area (Å²) in [4.78, 5) is 14.4. The SMILES string of the molecule is CCOc1ccc(N2CCCC(CNC(=O)c3ccccc3)C2)nn1. The summed E-state index contributed by atoms with van der Waals surface area (Å²) < 4.78 is 5.34. The maximum atomic E-state index is 12.2. The molecule has 1 saturated heterocycles. The lowest BCUT2D eigenvalue weighted by Gasteiger charge is -2.33. The van der Waals surface area contributed by atoms with Crippen LogP contribution in [-0.2, 0) is 0 Å². The molecule has 1 aromatic heterocycles. The van der Waals surface area contributed by atoms with Gasteiger partial charge in [-0.15, -0.1) is 10.2 Å². The van der Waals surface area contributed by atoms with Gasteiger partial charge in [0.1, 0.15) is 0 Å². The minimum Gasteiger partial charge on any atom is -0.477 e. The van der Waals surface area contributed by atoms with E-state index >= 15 is 0 Å². The van der Waals surface area contributed by atoms with Crippen molar-refractivity contribution in [2.75, 3.05) is 31.1 Å². The van der Waals surface area contributed by atoms with Crippen molar-refractivity contribution in [3.8, 4) is 5.88 Å². The molecule has 1 N–H and O–H groups in total. The summed E-state index contributed by atoms with van der Waals surface area (Å²) >= 11 is 0. The molecule has 1 unspecified atom stereocenters. The Balaban J connectivity index is 1.53. The van der Waals surface area contributed by atoms with Gasteiger partial charge in [-0.25, -0.2) is 0 Å². The number of carbonyl (C=O) groups is 1. The molecule has 1 fully saturated rings. The highest BCUT2D eigenvalue weighted by atomic mass is 16.5. The van der Waals surface area contributed by atoms with Crippen LogP contribution < -0.4 is 15.0 Å². The van der Waals surface area contributed by atoms with Crippen molar-refractivity contribution in [3.63, 3.8) is 0 Å². The third-order valence-electron chi connectivity index (χ3n) is 4.35. The molecule has 1 atom stereocenters. The van der Waals surface area contributed by atoms with Gasteiger partial charge in [-0.1, -0.05) is 18.2 Å². The first-order valence-corrected chi connectivity index (χ1v) is 8.81. The molecule has 1 aliphatic heterocycles. The highest BCUT2D eigenvalue weighted by Crippen LogP contribution is 2.21. The van der Waals surface area contributed by atoms with E-state index in [9.17, 15) is 4.79 Å². The first-order valence-electron chi connectivity index (χ1n) is 8.81. The number of ether oxygens (including phenoxy) is 1. The third-order valence-corrected chi connectivity index (χ3v) is 4.35. The van der Waals surface area contributed by atoms with Gasteiger partial charge in [0.25, 0.3) is 5.91 Å². The van der Waals surface area contributed by atoms with E-state index in [2.05, 4.69) is 20.4 Å². The van der Waals surface area contributed by atoms with E-state index in [1.165, 1.54) is 0 Å². The van der Waals surface area contributed by atoms with Crippen LogP contribution in [0.25, 0.3) is 0 Å². The van der Waals surface area contributed by atoms with Crippen LogP contribution in [-0.4, -0.2) is 42.3 Å². The Kier molecular flexibility index (Phi) is 5.82. The largest absolute Gasteiger partial charge is 0.477 e. The highest BCUT2D eigenvalue weighted by Gasteiger charge is 2.22. The van der Waals surface area contributed by atoms with Crippen LogP contribution in [0.1, 0.15) is 30.1 Å². The molecule has 1 aromatic carbocycles. The Hall–Kier alpha value is -2.63. The van der Waals surface area contributed by atoms with E-state index in [1.54, 1.807) is 0 Å². The number of carbonyl (C=O) groups excluding carboxylic acids is 1. The predicted molar refractivity (Wildman–Crippen MR) is 96.9 cm³/mol. The van der Waals surface area contributed by atoms with Gasteiger partial charge < -0.3 is 15.0 Å². The molecule has 0 saturated carbocycles. The average Bonchev–Trinajstić information content (AvgIpc) is 2.68. The molecule has 2 heterocycles. The fourth-order valence-electron chi connectivity index (χ4n) is 3.07. The van der Waals surface area contributed by atoms with Gasteiger partial charge in [0.2, 0.25) is 5.88 Å². The van der Waals surface area contributed by atoms with Crippen LogP contribution >= 0.6 is 0 Å². The van der Waals surface area contributed by atoms with Crippen LogP contribution in [0.15, 0.2) is 42.5 Å². The number of benzene rings is 1. The molecule has 2 aromatic rings. The first-order chi connectivity index (χ1) is 12.3. The van der Waals surface area contributed by atoms with E-state index in [0.29, 0.717) is 30.5 Å². The van der Waals surface area contributed by atoms with E-state index in [4.69, 9.17) is 4.74 Å². The van der Waals surface area contributed by atoms with Crippen LogP contribution in [0.2, 0.25) is 0 Å². The molecule has 0 spiro atoms. The number of hydrogen-bond acceptors (Lipinski definition) is 5. The monoisotopic (exact) mass is 340 g/mol. The summed E-state index contributed by atoms with van der Waals surface area (Å²) in [6.07, 6.45) is 2.19. The fourth-order valence-corrected chi connectivity index (χ4v) is 3.07.